The van der Waals surface area contributed by atoms with Crippen LogP contribution in [0.3, 0.4) is 0 Å². The summed E-state index contributed by atoms with van der Waals surface area (Å²) in [4.78, 5) is 10.9. The zero-order valence-electron chi connectivity index (χ0n) is 9.08. The van der Waals surface area contributed by atoms with Crippen molar-refractivity contribution in [2.24, 2.45) is 0 Å². The Labute approximate surface area is 97.8 Å². The van der Waals surface area contributed by atoms with Gasteiger partial charge >= 0.3 is 0 Å². The molecular weight excluding hydrogens is 221 g/mol. The number of nitrogens with zero attached hydrogens (tertiary/aromatic N) is 1. The second-order valence-corrected chi connectivity index (χ2v) is 3.77. The smallest absolute Gasteiger partial charge is 0.181 e. The van der Waals surface area contributed by atoms with Gasteiger partial charge in [0.15, 0.2) is 5.43 Å². The first-order valence-electron chi connectivity index (χ1n) is 5.25. The predicted octanol–water partition coefficient (Wildman–Crippen LogP) is 1.72. The van der Waals surface area contributed by atoms with E-state index in [1.54, 1.807) is 35.2 Å². The minimum absolute atomic E-state index is 0.0957. The largest absolute Gasteiger partial charge is 0.386 e. The Morgan fingerprint density at radius 3 is 2.47 bits per heavy atom. The first kappa shape index (κ1) is 11.5. The number of aliphatic hydroxyl groups excluding tert-OH is 1. The van der Waals surface area contributed by atoms with Crippen LogP contribution in [0.5, 0.6) is 0 Å². The Bertz CT molecular complexity index is 545. The maximum absolute atomic E-state index is 13.4. The lowest BCUT2D eigenvalue weighted by Crippen LogP contribution is -2.11. The molecule has 0 aliphatic heterocycles. The highest BCUT2D eigenvalue weighted by Crippen LogP contribution is 2.17. The number of hydrogen-bond acceptors (Lipinski definition) is 2. The van der Waals surface area contributed by atoms with Gasteiger partial charge in [-0.3, -0.25) is 4.79 Å². The van der Waals surface area contributed by atoms with Crippen LogP contribution in [0.1, 0.15) is 11.7 Å². The molecule has 1 atom stereocenters. The Kier molecular flexibility index (Phi) is 3.35. The minimum atomic E-state index is -0.932. The summed E-state index contributed by atoms with van der Waals surface area (Å²) in [5.41, 5.74) is 0.160. The maximum Gasteiger partial charge on any atom is 0.181 e. The molecule has 1 aromatic carbocycles. The van der Waals surface area contributed by atoms with E-state index in [4.69, 9.17) is 0 Å². The highest BCUT2D eigenvalue weighted by Gasteiger charge is 2.11. The van der Waals surface area contributed by atoms with Crippen molar-refractivity contribution in [3.8, 4) is 0 Å². The zero-order valence-corrected chi connectivity index (χ0v) is 9.08. The first-order chi connectivity index (χ1) is 8.16. The van der Waals surface area contributed by atoms with Gasteiger partial charge < -0.3 is 9.67 Å². The second-order valence-electron chi connectivity index (χ2n) is 3.77. The minimum Gasteiger partial charge on any atom is -0.386 e. The van der Waals surface area contributed by atoms with Crippen molar-refractivity contribution in [2.75, 3.05) is 0 Å². The number of halogens is 1. The average molecular weight is 233 g/mol. The van der Waals surface area contributed by atoms with E-state index in [0.29, 0.717) is 0 Å². The fourth-order valence-corrected chi connectivity index (χ4v) is 1.61. The van der Waals surface area contributed by atoms with E-state index in [1.807, 2.05) is 0 Å². The van der Waals surface area contributed by atoms with Crippen LogP contribution < -0.4 is 5.43 Å². The van der Waals surface area contributed by atoms with Gasteiger partial charge in [-0.1, -0.05) is 18.2 Å². The lowest BCUT2D eigenvalue weighted by molar-refractivity contribution is 0.152. The number of pyridine rings is 1. The molecule has 0 amide bonds. The third-order valence-corrected chi connectivity index (χ3v) is 2.51. The zero-order chi connectivity index (χ0) is 12.3. The first-order valence-corrected chi connectivity index (χ1v) is 5.25. The molecular formula is C13H12FNO2. The predicted molar refractivity (Wildman–Crippen MR) is 62.1 cm³/mol. The number of rotatable bonds is 3. The lowest BCUT2D eigenvalue weighted by atomic mass is 10.1. The quantitative estimate of drug-likeness (QED) is 0.877. The fraction of sp³-hybridized carbons (Fsp3) is 0.154. The van der Waals surface area contributed by atoms with Crippen LogP contribution in [-0.4, -0.2) is 9.67 Å². The number of aliphatic hydroxyl groups is 1. The molecule has 2 aromatic rings. The summed E-state index contributed by atoms with van der Waals surface area (Å²) in [6, 6.07) is 8.90. The van der Waals surface area contributed by atoms with E-state index in [2.05, 4.69) is 0 Å². The van der Waals surface area contributed by atoms with Gasteiger partial charge in [-0.15, -0.1) is 0 Å². The molecule has 2 rings (SSSR count). The molecule has 17 heavy (non-hydrogen) atoms. The van der Waals surface area contributed by atoms with Crippen LogP contribution in [0.4, 0.5) is 4.39 Å². The van der Waals surface area contributed by atoms with Crippen molar-refractivity contribution in [1.82, 2.24) is 4.57 Å². The SMILES string of the molecule is O=c1ccn(CC(O)c2ccccc2F)cc1. The Morgan fingerprint density at radius 2 is 1.82 bits per heavy atom. The van der Waals surface area contributed by atoms with Crippen molar-refractivity contribution in [1.29, 1.82) is 0 Å². The third-order valence-electron chi connectivity index (χ3n) is 2.51. The molecule has 0 saturated carbocycles. The highest BCUT2D eigenvalue weighted by molar-refractivity contribution is 5.19. The monoisotopic (exact) mass is 233 g/mol. The topological polar surface area (TPSA) is 42.2 Å². The molecule has 1 heterocycles. The molecule has 1 N–H and O–H groups in total. The number of hydrogen-bond donors (Lipinski definition) is 1. The molecule has 88 valence electrons. The lowest BCUT2D eigenvalue weighted by Gasteiger charge is -2.13. The van der Waals surface area contributed by atoms with Gasteiger partial charge in [0.05, 0.1) is 12.6 Å². The normalized spacial score (nSPS) is 12.4. The molecule has 0 radical (unpaired) electrons. The molecule has 0 aliphatic rings. The molecule has 0 bridgehead atoms. The van der Waals surface area contributed by atoms with E-state index in [1.165, 1.54) is 18.2 Å². The molecule has 1 aromatic heterocycles. The van der Waals surface area contributed by atoms with Crippen LogP contribution in [0.15, 0.2) is 53.6 Å². The van der Waals surface area contributed by atoms with Gasteiger partial charge in [0.1, 0.15) is 5.82 Å². The van der Waals surface area contributed by atoms with Crippen molar-refractivity contribution in [2.45, 2.75) is 12.6 Å². The van der Waals surface area contributed by atoms with Gasteiger partial charge in [-0.05, 0) is 6.07 Å². The number of aromatic nitrogens is 1. The standard InChI is InChI=1S/C13H12FNO2/c14-12-4-2-1-3-11(12)13(17)9-15-7-5-10(16)6-8-15/h1-8,13,17H,9H2. The van der Waals surface area contributed by atoms with E-state index in [0.717, 1.165) is 0 Å². The summed E-state index contributed by atoms with van der Waals surface area (Å²) in [6.45, 7) is 0.210. The maximum atomic E-state index is 13.4. The van der Waals surface area contributed by atoms with Gasteiger partial charge in [-0.25, -0.2) is 4.39 Å². The van der Waals surface area contributed by atoms with Crippen molar-refractivity contribution < 1.29 is 9.50 Å². The van der Waals surface area contributed by atoms with Crippen LogP contribution in [0, 0.1) is 5.82 Å². The van der Waals surface area contributed by atoms with E-state index in [9.17, 15) is 14.3 Å². The van der Waals surface area contributed by atoms with Crippen molar-refractivity contribution in [3.05, 3.63) is 70.4 Å². The van der Waals surface area contributed by atoms with Crippen LogP contribution in [0.2, 0.25) is 0 Å². The van der Waals surface area contributed by atoms with Crippen LogP contribution in [0.25, 0.3) is 0 Å². The Balaban J connectivity index is 2.17. The third kappa shape index (κ3) is 2.79. The van der Waals surface area contributed by atoms with Crippen LogP contribution in [-0.2, 0) is 6.54 Å². The fourth-order valence-electron chi connectivity index (χ4n) is 1.61. The van der Waals surface area contributed by atoms with Crippen molar-refractivity contribution in [3.63, 3.8) is 0 Å². The van der Waals surface area contributed by atoms with Crippen molar-refractivity contribution >= 4 is 0 Å². The number of benzene rings is 1. The average Bonchev–Trinajstić information content (AvgIpc) is 2.32. The summed E-state index contributed by atoms with van der Waals surface area (Å²) in [5.74, 6) is -0.430. The summed E-state index contributed by atoms with van der Waals surface area (Å²) in [5, 5.41) is 9.89. The van der Waals surface area contributed by atoms with E-state index in [-0.39, 0.29) is 17.5 Å². The highest BCUT2D eigenvalue weighted by atomic mass is 19.1. The summed E-state index contributed by atoms with van der Waals surface area (Å²) < 4.78 is 15.0. The van der Waals surface area contributed by atoms with Gasteiger partial charge in [-0.2, -0.15) is 0 Å². The summed E-state index contributed by atoms with van der Waals surface area (Å²) in [7, 11) is 0. The molecule has 0 saturated heterocycles. The molecule has 4 heteroatoms. The molecule has 0 aliphatic carbocycles. The van der Waals surface area contributed by atoms with E-state index < -0.39 is 11.9 Å². The Hall–Kier alpha value is -1.94. The molecule has 0 spiro atoms. The molecule has 3 nitrogen and oxygen atoms in total. The van der Waals surface area contributed by atoms with E-state index >= 15 is 0 Å². The molecule has 1 unspecified atom stereocenters. The Morgan fingerprint density at radius 1 is 1.18 bits per heavy atom. The summed E-state index contributed by atoms with van der Waals surface area (Å²) >= 11 is 0. The summed E-state index contributed by atoms with van der Waals surface area (Å²) in [6.07, 6.45) is 2.19. The van der Waals surface area contributed by atoms with Gasteiger partial charge in [0, 0.05) is 30.1 Å². The molecule has 0 fully saturated rings. The van der Waals surface area contributed by atoms with Crippen LogP contribution >= 0.6 is 0 Å². The second kappa shape index (κ2) is 4.93. The van der Waals surface area contributed by atoms with Gasteiger partial charge in [0.2, 0.25) is 0 Å². The van der Waals surface area contributed by atoms with Gasteiger partial charge in [0.25, 0.3) is 0 Å².